The molecule has 0 aliphatic carbocycles. The minimum absolute atomic E-state index is 0.651. The molecule has 0 fully saturated rings. The molecule has 3 nitrogen and oxygen atoms in total. The molecule has 6 aromatic carbocycles. The van der Waals surface area contributed by atoms with Gasteiger partial charge in [0, 0.05) is 0 Å². The Bertz CT molecular complexity index is 1590. The second kappa shape index (κ2) is 10.4. The summed E-state index contributed by atoms with van der Waals surface area (Å²) in [5.41, 5.74) is 0. The van der Waals surface area contributed by atoms with Crippen LogP contribution < -0.4 is 15.9 Å². The number of rotatable bonds is 8. The zero-order valence-corrected chi connectivity index (χ0v) is 23.7. The van der Waals surface area contributed by atoms with Crippen molar-refractivity contribution in [2.24, 2.45) is 0 Å². The van der Waals surface area contributed by atoms with E-state index in [0.29, 0.717) is 6.16 Å². The van der Waals surface area contributed by atoms with Gasteiger partial charge in [-0.2, -0.15) is 0 Å². The molecule has 0 spiro atoms. The molecular weight excluding hydrogens is 518 g/mol. The third-order valence-corrected chi connectivity index (χ3v) is 15.4. The van der Waals surface area contributed by atoms with Crippen LogP contribution in [0.25, 0.3) is 32.3 Å². The Balaban J connectivity index is 1.95. The number of unbranched alkanes of at least 4 members (excludes halogenated alkanes) is 1. The zero-order chi connectivity index (χ0) is 26.9. The van der Waals surface area contributed by atoms with E-state index in [2.05, 4.69) is 134 Å². The van der Waals surface area contributed by atoms with Crippen molar-refractivity contribution in [3.8, 4) is 0 Å². The first kappa shape index (κ1) is 26.1. The van der Waals surface area contributed by atoms with Crippen LogP contribution in [0.2, 0.25) is 0 Å². The summed E-state index contributed by atoms with van der Waals surface area (Å²) in [6.45, 7) is -1.88. The van der Waals surface area contributed by atoms with Crippen LogP contribution in [0, 0.1) is 0 Å². The van der Waals surface area contributed by atoms with E-state index in [1.807, 2.05) is 0 Å². The summed E-state index contributed by atoms with van der Waals surface area (Å²) in [7, 11) is -2.73. The summed E-state index contributed by atoms with van der Waals surface area (Å²) in [5.74, 6) is 0. The van der Waals surface area contributed by atoms with E-state index < -0.39 is 15.4 Å². The van der Waals surface area contributed by atoms with Crippen LogP contribution >= 0.6 is 15.4 Å². The Morgan fingerprint density at radius 2 is 0.897 bits per heavy atom. The van der Waals surface area contributed by atoms with Gasteiger partial charge in [-0.15, -0.1) is 0 Å². The van der Waals surface area contributed by atoms with Crippen molar-refractivity contribution in [1.82, 2.24) is 0 Å². The fourth-order valence-electron chi connectivity index (χ4n) is 6.41. The fraction of sp³-hybridized carbons (Fsp3) is 0.118. The first-order valence-corrected chi connectivity index (χ1v) is 16.9. The molecule has 0 heterocycles. The summed E-state index contributed by atoms with van der Waals surface area (Å²) in [5, 5.41) is 9.64. The maximum atomic E-state index is 11.0. The molecule has 0 radical (unpaired) electrons. The van der Waals surface area contributed by atoms with Gasteiger partial charge in [-0.3, -0.25) is 0 Å². The molecule has 5 heteroatoms. The van der Waals surface area contributed by atoms with E-state index >= 15 is 0 Å². The van der Waals surface area contributed by atoms with Crippen LogP contribution in [0.15, 0.2) is 127 Å². The van der Waals surface area contributed by atoms with E-state index in [4.69, 9.17) is 4.31 Å². The monoisotopic (exact) mass is 550 g/mol. The molecule has 196 valence electrons. The second-order valence-electron chi connectivity index (χ2n) is 10.1. The Hall–Kier alpha value is -3.16. The zero-order valence-electron chi connectivity index (χ0n) is 21.9. The van der Waals surface area contributed by atoms with Crippen LogP contribution in [-0.2, 0) is 4.31 Å². The quantitative estimate of drug-likeness (QED) is 0.189. The number of benzene rings is 6. The molecular formula is C34H32O3P2. The summed E-state index contributed by atoms with van der Waals surface area (Å²) in [6, 6.07) is 44.3. The maximum absolute atomic E-state index is 11.0. The van der Waals surface area contributed by atoms with E-state index in [9.17, 15) is 9.79 Å². The van der Waals surface area contributed by atoms with Crippen molar-refractivity contribution in [3.05, 3.63) is 127 Å². The molecule has 6 aromatic rings. The van der Waals surface area contributed by atoms with Gasteiger partial charge in [-0.05, 0) is 0 Å². The van der Waals surface area contributed by atoms with Gasteiger partial charge in [0.1, 0.15) is 0 Å². The SMILES string of the molecule is CCCCP(OP(O)O)(c1cccc2ccccc12)(c1cccc2ccccc12)c1cccc2ccccc12. The van der Waals surface area contributed by atoms with Gasteiger partial charge in [0.05, 0.1) is 0 Å². The molecule has 39 heavy (non-hydrogen) atoms. The Morgan fingerprint density at radius 3 is 1.26 bits per heavy atom. The normalized spacial score (nSPS) is 13.2. The van der Waals surface area contributed by atoms with E-state index in [1.165, 1.54) is 0 Å². The van der Waals surface area contributed by atoms with Crippen molar-refractivity contribution < 1.29 is 14.1 Å². The molecule has 2 N–H and O–H groups in total. The molecule has 6 rings (SSSR count). The molecule has 0 amide bonds. The van der Waals surface area contributed by atoms with Crippen molar-refractivity contribution in [3.63, 3.8) is 0 Å². The van der Waals surface area contributed by atoms with Crippen LogP contribution in [0.1, 0.15) is 19.8 Å². The summed E-state index contributed by atoms with van der Waals surface area (Å²) in [4.78, 5) is 22.0. The predicted molar refractivity (Wildman–Crippen MR) is 170 cm³/mol. The Labute approximate surface area is 230 Å². The molecule has 0 aromatic heterocycles. The van der Waals surface area contributed by atoms with Crippen LogP contribution in [0.4, 0.5) is 0 Å². The number of hydrogen-bond acceptors (Lipinski definition) is 3. The second-order valence-corrected chi connectivity index (χ2v) is 15.6. The van der Waals surface area contributed by atoms with E-state index in [0.717, 1.165) is 61.1 Å². The van der Waals surface area contributed by atoms with Crippen molar-refractivity contribution in [2.45, 2.75) is 19.8 Å². The predicted octanol–water partition coefficient (Wildman–Crippen LogP) is 7.92. The van der Waals surface area contributed by atoms with Gasteiger partial charge in [0.25, 0.3) is 0 Å². The van der Waals surface area contributed by atoms with Crippen molar-refractivity contribution in [1.29, 1.82) is 0 Å². The molecule has 0 atom stereocenters. The van der Waals surface area contributed by atoms with Gasteiger partial charge in [-0.25, -0.2) is 0 Å². The Morgan fingerprint density at radius 1 is 0.538 bits per heavy atom. The molecule has 0 aliphatic heterocycles. The van der Waals surface area contributed by atoms with Gasteiger partial charge in [-0.1, -0.05) is 0 Å². The molecule has 0 aliphatic rings. The van der Waals surface area contributed by atoms with Gasteiger partial charge < -0.3 is 0 Å². The third kappa shape index (κ3) is 4.09. The van der Waals surface area contributed by atoms with E-state index in [-0.39, 0.29) is 0 Å². The summed E-state index contributed by atoms with van der Waals surface area (Å²) < 4.78 is 7.02. The fourth-order valence-corrected chi connectivity index (χ4v) is 14.8. The van der Waals surface area contributed by atoms with Gasteiger partial charge >= 0.3 is 231 Å². The number of fused-ring (bicyclic) bond motifs is 3. The number of hydrogen-bond donors (Lipinski definition) is 2. The molecule has 0 saturated carbocycles. The van der Waals surface area contributed by atoms with Crippen molar-refractivity contribution in [2.75, 3.05) is 6.16 Å². The first-order valence-electron chi connectivity index (χ1n) is 13.4. The van der Waals surface area contributed by atoms with Crippen LogP contribution in [0.3, 0.4) is 0 Å². The van der Waals surface area contributed by atoms with E-state index in [1.54, 1.807) is 0 Å². The first-order chi connectivity index (χ1) is 19.1. The average molecular weight is 551 g/mol. The van der Waals surface area contributed by atoms with Crippen molar-refractivity contribution >= 4 is 63.7 Å². The third-order valence-electron chi connectivity index (χ3n) is 8.02. The van der Waals surface area contributed by atoms with Crippen LogP contribution in [-0.4, -0.2) is 15.9 Å². The summed E-state index contributed by atoms with van der Waals surface area (Å²) >= 11 is 0. The van der Waals surface area contributed by atoms with Gasteiger partial charge in [0.2, 0.25) is 0 Å². The molecule has 0 bridgehead atoms. The minimum atomic E-state index is -4.06. The van der Waals surface area contributed by atoms with Gasteiger partial charge in [0.15, 0.2) is 0 Å². The summed E-state index contributed by atoms with van der Waals surface area (Å²) in [6.07, 6.45) is 2.45. The standard InChI is InChI=1S/C34H32O3P2/c1-2-3-25-39(37-38(35)36,32-22-10-16-26-13-4-7-19-29(26)32,33-23-11-17-27-14-5-8-20-30(27)33)34-24-12-18-28-15-6-9-21-31(28)34/h4-24,35-36H,2-3,25H2,1H3. The molecule has 0 unspecified atom stereocenters. The average Bonchev–Trinajstić information content (AvgIpc) is 2.98. The molecule has 0 saturated heterocycles. The van der Waals surface area contributed by atoms with Crippen LogP contribution in [0.5, 0.6) is 0 Å². The topological polar surface area (TPSA) is 49.7 Å². The Kier molecular flexibility index (Phi) is 6.98.